The minimum atomic E-state index is -0.286. The van der Waals surface area contributed by atoms with Gasteiger partial charge in [-0.2, -0.15) is 0 Å². The van der Waals surface area contributed by atoms with Crippen molar-refractivity contribution in [2.75, 3.05) is 6.61 Å². The Labute approximate surface area is 142 Å². The van der Waals surface area contributed by atoms with Crippen LogP contribution in [0, 0.1) is 5.82 Å². The van der Waals surface area contributed by atoms with Crippen molar-refractivity contribution < 1.29 is 13.9 Å². The van der Waals surface area contributed by atoms with E-state index in [2.05, 4.69) is 0 Å². The SMILES string of the molecule is CC(c1ccccc1F)N(C(=O)COCc1ccccc1)C1CC1. The molecular weight excluding hydrogens is 305 g/mol. The van der Waals surface area contributed by atoms with Gasteiger partial charge in [0.1, 0.15) is 12.4 Å². The smallest absolute Gasteiger partial charge is 0.249 e. The summed E-state index contributed by atoms with van der Waals surface area (Å²) < 4.78 is 19.6. The summed E-state index contributed by atoms with van der Waals surface area (Å²) in [5.74, 6) is -0.349. The number of rotatable bonds is 7. The highest BCUT2D eigenvalue weighted by atomic mass is 19.1. The van der Waals surface area contributed by atoms with Crippen molar-refractivity contribution in [2.45, 2.75) is 38.5 Å². The number of hydrogen-bond donors (Lipinski definition) is 0. The molecule has 126 valence electrons. The van der Waals surface area contributed by atoms with Gasteiger partial charge in [-0.05, 0) is 31.4 Å². The molecule has 2 aromatic rings. The van der Waals surface area contributed by atoms with Gasteiger partial charge < -0.3 is 9.64 Å². The van der Waals surface area contributed by atoms with Crippen LogP contribution in [0.15, 0.2) is 54.6 Å². The summed E-state index contributed by atoms with van der Waals surface area (Å²) >= 11 is 0. The lowest BCUT2D eigenvalue weighted by Gasteiger charge is -2.30. The van der Waals surface area contributed by atoms with Crippen molar-refractivity contribution in [3.8, 4) is 0 Å². The quantitative estimate of drug-likeness (QED) is 0.766. The molecule has 1 fully saturated rings. The first-order chi connectivity index (χ1) is 11.7. The van der Waals surface area contributed by atoms with Crippen molar-refractivity contribution in [1.29, 1.82) is 0 Å². The van der Waals surface area contributed by atoms with Crippen molar-refractivity contribution in [3.63, 3.8) is 0 Å². The van der Waals surface area contributed by atoms with E-state index in [1.54, 1.807) is 23.1 Å². The zero-order valence-corrected chi connectivity index (χ0v) is 13.8. The molecule has 2 aromatic carbocycles. The monoisotopic (exact) mass is 327 g/mol. The van der Waals surface area contributed by atoms with Crippen molar-refractivity contribution in [1.82, 2.24) is 4.90 Å². The zero-order chi connectivity index (χ0) is 16.9. The van der Waals surface area contributed by atoms with Crippen LogP contribution in [-0.2, 0) is 16.1 Å². The Morgan fingerprint density at radius 1 is 1.17 bits per heavy atom. The third-order valence-electron chi connectivity index (χ3n) is 4.34. The fourth-order valence-electron chi connectivity index (χ4n) is 2.96. The average Bonchev–Trinajstić information content (AvgIpc) is 3.41. The summed E-state index contributed by atoms with van der Waals surface area (Å²) in [6.45, 7) is 2.30. The van der Waals surface area contributed by atoms with Crippen LogP contribution < -0.4 is 0 Å². The molecule has 0 bridgehead atoms. The maximum Gasteiger partial charge on any atom is 0.249 e. The zero-order valence-electron chi connectivity index (χ0n) is 13.8. The molecule has 0 heterocycles. The second kappa shape index (κ2) is 7.58. The average molecular weight is 327 g/mol. The number of nitrogens with zero attached hydrogens (tertiary/aromatic N) is 1. The Hall–Kier alpha value is -2.20. The highest BCUT2D eigenvalue weighted by Crippen LogP contribution is 2.35. The lowest BCUT2D eigenvalue weighted by molar-refractivity contribution is -0.139. The molecule has 1 amide bonds. The van der Waals surface area contributed by atoms with E-state index in [9.17, 15) is 9.18 Å². The molecule has 24 heavy (non-hydrogen) atoms. The fourth-order valence-corrected chi connectivity index (χ4v) is 2.96. The Morgan fingerprint density at radius 3 is 2.50 bits per heavy atom. The number of benzene rings is 2. The van der Waals surface area contributed by atoms with Gasteiger partial charge in [0.05, 0.1) is 12.6 Å². The van der Waals surface area contributed by atoms with E-state index in [0.29, 0.717) is 12.2 Å². The van der Waals surface area contributed by atoms with Crippen LogP contribution in [0.5, 0.6) is 0 Å². The van der Waals surface area contributed by atoms with E-state index in [1.165, 1.54) is 6.07 Å². The van der Waals surface area contributed by atoms with Gasteiger partial charge in [0.25, 0.3) is 0 Å². The maximum atomic E-state index is 14.1. The molecule has 0 saturated heterocycles. The Balaban J connectivity index is 1.63. The molecule has 3 rings (SSSR count). The number of ether oxygens (including phenoxy) is 1. The number of carbonyl (C=O) groups is 1. The molecule has 1 aliphatic rings. The van der Waals surface area contributed by atoms with Gasteiger partial charge >= 0.3 is 0 Å². The second-order valence-corrected chi connectivity index (χ2v) is 6.21. The minimum Gasteiger partial charge on any atom is -0.367 e. The number of hydrogen-bond acceptors (Lipinski definition) is 2. The summed E-state index contributed by atoms with van der Waals surface area (Å²) in [6, 6.07) is 16.3. The lowest BCUT2D eigenvalue weighted by atomic mass is 10.1. The normalized spacial score (nSPS) is 15.1. The summed E-state index contributed by atoms with van der Waals surface area (Å²) in [6.07, 6.45) is 1.95. The van der Waals surface area contributed by atoms with Gasteiger partial charge in [0.15, 0.2) is 0 Å². The molecule has 0 aliphatic heterocycles. The van der Waals surface area contributed by atoms with E-state index >= 15 is 0 Å². The first kappa shape index (κ1) is 16.7. The summed E-state index contributed by atoms with van der Waals surface area (Å²) in [5, 5.41) is 0. The molecule has 0 spiro atoms. The van der Waals surface area contributed by atoms with E-state index in [4.69, 9.17) is 4.74 Å². The molecule has 0 aromatic heterocycles. The van der Waals surface area contributed by atoms with Crippen LogP contribution in [0.2, 0.25) is 0 Å². The van der Waals surface area contributed by atoms with Gasteiger partial charge in [-0.1, -0.05) is 48.5 Å². The first-order valence-electron chi connectivity index (χ1n) is 8.34. The molecule has 0 radical (unpaired) electrons. The third kappa shape index (κ3) is 4.01. The van der Waals surface area contributed by atoms with Gasteiger partial charge in [0.2, 0.25) is 5.91 Å². The molecule has 1 aliphatic carbocycles. The van der Waals surface area contributed by atoms with Crippen LogP contribution in [0.3, 0.4) is 0 Å². The molecular formula is C20H22FNO2. The highest BCUT2D eigenvalue weighted by Gasteiger charge is 2.36. The summed E-state index contributed by atoms with van der Waals surface area (Å²) in [7, 11) is 0. The van der Waals surface area contributed by atoms with Crippen LogP contribution in [0.4, 0.5) is 4.39 Å². The molecule has 1 unspecified atom stereocenters. The van der Waals surface area contributed by atoms with E-state index in [1.807, 2.05) is 37.3 Å². The third-order valence-corrected chi connectivity index (χ3v) is 4.34. The predicted molar refractivity (Wildman–Crippen MR) is 90.8 cm³/mol. The maximum absolute atomic E-state index is 14.1. The number of amides is 1. The molecule has 1 saturated carbocycles. The van der Waals surface area contributed by atoms with Crippen molar-refractivity contribution >= 4 is 5.91 Å². The molecule has 4 heteroatoms. The first-order valence-corrected chi connectivity index (χ1v) is 8.34. The Bertz CT molecular complexity index is 685. The van der Waals surface area contributed by atoms with Crippen LogP contribution in [-0.4, -0.2) is 23.5 Å². The van der Waals surface area contributed by atoms with E-state index in [0.717, 1.165) is 18.4 Å². The minimum absolute atomic E-state index is 0.0180. The Morgan fingerprint density at radius 2 is 1.83 bits per heavy atom. The van der Waals surface area contributed by atoms with Gasteiger partial charge in [-0.15, -0.1) is 0 Å². The summed E-state index contributed by atoms with van der Waals surface area (Å²) in [5.41, 5.74) is 1.59. The van der Waals surface area contributed by atoms with Crippen LogP contribution in [0.25, 0.3) is 0 Å². The topological polar surface area (TPSA) is 29.5 Å². The Kier molecular flexibility index (Phi) is 5.26. The van der Waals surface area contributed by atoms with Gasteiger partial charge in [0, 0.05) is 11.6 Å². The highest BCUT2D eigenvalue weighted by molar-refractivity contribution is 5.78. The van der Waals surface area contributed by atoms with Crippen molar-refractivity contribution in [2.24, 2.45) is 0 Å². The van der Waals surface area contributed by atoms with E-state index in [-0.39, 0.29) is 30.4 Å². The number of halogens is 1. The fraction of sp³-hybridized carbons (Fsp3) is 0.350. The van der Waals surface area contributed by atoms with E-state index < -0.39 is 0 Å². The standard InChI is InChI=1S/C20H22FNO2/c1-15(18-9-5-6-10-19(18)21)22(17-11-12-17)20(23)14-24-13-16-7-3-2-4-8-16/h2-10,15,17H,11-14H2,1H3. The molecule has 0 N–H and O–H groups in total. The lowest BCUT2D eigenvalue weighted by Crippen LogP contribution is -2.38. The summed E-state index contributed by atoms with van der Waals surface area (Å²) in [4.78, 5) is 14.4. The van der Waals surface area contributed by atoms with Gasteiger partial charge in [-0.3, -0.25) is 4.79 Å². The van der Waals surface area contributed by atoms with Crippen molar-refractivity contribution in [3.05, 3.63) is 71.5 Å². The molecule has 3 nitrogen and oxygen atoms in total. The van der Waals surface area contributed by atoms with Gasteiger partial charge in [-0.25, -0.2) is 4.39 Å². The van der Waals surface area contributed by atoms with Crippen LogP contribution in [0.1, 0.15) is 36.9 Å². The predicted octanol–water partition coefficient (Wildman–Crippen LogP) is 4.09. The van der Waals surface area contributed by atoms with Crippen LogP contribution >= 0.6 is 0 Å². The second-order valence-electron chi connectivity index (χ2n) is 6.21. The molecule has 1 atom stereocenters. The number of carbonyl (C=O) groups excluding carboxylic acids is 1. The largest absolute Gasteiger partial charge is 0.367 e.